The number of amides is 1. The van der Waals surface area contributed by atoms with Crippen molar-refractivity contribution in [3.63, 3.8) is 0 Å². The minimum absolute atomic E-state index is 0.0588. The van der Waals surface area contributed by atoms with Gasteiger partial charge in [0, 0.05) is 11.7 Å². The maximum atomic E-state index is 11.4. The lowest BCUT2D eigenvalue weighted by Crippen LogP contribution is -2.34. The van der Waals surface area contributed by atoms with Crippen LogP contribution in [-0.2, 0) is 4.79 Å². The highest BCUT2D eigenvalue weighted by atomic mass is 35.5. The van der Waals surface area contributed by atoms with Gasteiger partial charge < -0.3 is 15.8 Å². The number of halogens is 2. The van der Waals surface area contributed by atoms with E-state index in [-0.39, 0.29) is 34.4 Å². The van der Waals surface area contributed by atoms with E-state index >= 15 is 0 Å². The third-order valence-corrected chi connectivity index (χ3v) is 2.38. The van der Waals surface area contributed by atoms with Crippen molar-refractivity contribution in [2.45, 2.75) is 19.9 Å². The highest BCUT2D eigenvalue weighted by molar-refractivity contribution is 6.37. The van der Waals surface area contributed by atoms with Crippen molar-refractivity contribution in [3.8, 4) is 5.75 Å². The van der Waals surface area contributed by atoms with E-state index in [0.29, 0.717) is 5.69 Å². The largest absolute Gasteiger partial charge is 0.481 e. The average molecular weight is 277 g/mol. The van der Waals surface area contributed by atoms with Crippen LogP contribution in [0.4, 0.5) is 5.69 Å². The molecule has 6 heteroatoms. The first-order valence-corrected chi connectivity index (χ1v) is 5.82. The fourth-order valence-corrected chi connectivity index (χ4v) is 1.83. The van der Waals surface area contributed by atoms with Crippen molar-refractivity contribution in [2.75, 3.05) is 12.3 Å². The van der Waals surface area contributed by atoms with Crippen LogP contribution in [-0.4, -0.2) is 18.6 Å². The molecule has 0 fully saturated rings. The summed E-state index contributed by atoms with van der Waals surface area (Å²) in [6.07, 6.45) is 0. The second-order valence-corrected chi connectivity index (χ2v) is 4.64. The number of nitrogens with two attached hydrogens (primary N) is 1. The number of hydrogen-bond donors (Lipinski definition) is 2. The highest BCUT2D eigenvalue weighted by Crippen LogP contribution is 2.34. The summed E-state index contributed by atoms with van der Waals surface area (Å²) in [5.41, 5.74) is 5.99. The molecular formula is C11H14Cl2N2O2. The van der Waals surface area contributed by atoms with Crippen LogP contribution in [0, 0.1) is 0 Å². The standard InChI is InChI=1S/C11H14Cl2N2O2/c1-6(2)15-10(16)5-17-11-8(12)3-7(14)4-9(11)13/h3-4,6H,5,14H2,1-2H3,(H,15,16). The van der Waals surface area contributed by atoms with Gasteiger partial charge >= 0.3 is 0 Å². The Morgan fingerprint density at radius 3 is 2.41 bits per heavy atom. The number of carbonyl (C=O) groups is 1. The number of carbonyl (C=O) groups excluding carboxylic acids is 1. The molecular weight excluding hydrogens is 263 g/mol. The molecule has 0 aliphatic carbocycles. The molecule has 0 aliphatic heterocycles. The van der Waals surface area contributed by atoms with E-state index in [1.54, 1.807) is 0 Å². The number of ether oxygens (including phenoxy) is 1. The molecule has 0 aliphatic rings. The maximum absolute atomic E-state index is 11.4. The van der Waals surface area contributed by atoms with Crippen molar-refractivity contribution in [2.24, 2.45) is 0 Å². The minimum Gasteiger partial charge on any atom is -0.481 e. The van der Waals surface area contributed by atoms with Crippen LogP contribution in [0.15, 0.2) is 12.1 Å². The molecule has 0 aromatic heterocycles. The summed E-state index contributed by atoms with van der Waals surface area (Å²) >= 11 is 11.8. The van der Waals surface area contributed by atoms with Gasteiger partial charge in [0.2, 0.25) is 0 Å². The summed E-state index contributed by atoms with van der Waals surface area (Å²) in [6.45, 7) is 3.59. The Labute approximate surface area is 110 Å². The number of nitrogen functional groups attached to an aromatic ring is 1. The van der Waals surface area contributed by atoms with Gasteiger partial charge in [-0.05, 0) is 26.0 Å². The molecule has 0 radical (unpaired) electrons. The predicted molar refractivity (Wildman–Crippen MR) is 69.6 cm³/mol. The van der Waals surface area contributed by atoms with Crippen LogP contribution in [0.2, 0.25) is 10.0 Å². The monoisotopic (exact) mass is 276 g/mol. The molecule has 0 saturated heterocycles. The van der Waals surface area contributed by atoms with Crippen LogP contribution in [0.1, 0.15) is 13.8 Å². The second kappa shape index (κ2) is 5.98. The molecule has 1 rings (SSSR count). The van der Waals surface area contributed by atoms with E-state index in [2.05, 4.69) is 5.32 Å². The average Bonchev–Trinajstić information content (AvgIpc) is 2.14. The van der Waals surface area contributed by atoms with Crippen LogP contribution in [0.5, 0.6) is 5.75 Å². The van der Waals surface area contributed by atoms with E-state index in [1.807, 2.05) is 13.8 Å². The van der Waals surface area contributed by atoms with Gasteiger partial charge in [-0.25, -0.2) is 0 Å². The number of benzene rings is 1. The van der Waals surface area contributed by atoms with E-state index in [0.717, 1.165) is 0 Å². The third kappa shape index (κ3) is 4.32. The molecule has 0 spiro atoms. The van der Waals surface area contributed by atoms with Gasteiger partial charge in [-0.1, -0.05) is 23.2 Å². The van der Waals surface area contributed by atoms with Crippen LogP contribution >= 0.6 is 23.2 Å². The molecule has 0 atom stereocenters. The lowest BCUT2D eigenvalue weighted by atomic mass is 10.3. The Morgan fingerprint density at radius 2 is 1.94 bits per heavy atom. The number of nitrogens with one attached hydrogen (secondary N) is 1. The maximum Gasteiger partial charge on any atom is 0.258 e. The van der Waals surface area contributed by atoms with Gasteiger partial charge in [0.05, 0.1) is 10.0 Å². The molecule has 17 heavy (non-hydrogen) atoms. The first-order chi connectivity index (χ1) is 7.90. The zero-order valence-corrected chi connectivity index (χ0v) is 11.1. The Kier molecular flexibility index (Phi) is 4.90. The molecule has 1 aromatic carbocycles. The summed E-state index contributed by atoms with van der Waals surface area (Å²) in [6, 6.07) is 3.09. The number of rotatable bonds is 4. The minimum atomic E-state index is -0.232. The van der Waals surface area contributed by atoms with Crippen molar-refractivity contribution >= 4 is 34.8 Å². The SMILES string of the molecule is CC(C)NC(=O)COc1c(Cl)cc(N)cc1Cl. The normalized spacial score (nSPS) is 10.4. The smallest absolute Gasteiger partial charge is 0.258 e. The Balaban J connectivity index is 2.67. The number of hydrogen-bond acceptors (Lipinski definition) is 3. The molecule has 3 N–H and O–H groups in total. The van der Waals surface area contributed by atoms with Gasteiger partial charge in [0.15, 0.2) is 12.4 Å². The van der Waals surface area contributed by atoms with Crippen molar-refractivity contribution in [3.05, 3.63) is 22.2 Å². The lowest BCUT2D eigenvalue weighted by Gasteiger charge is -2.12. The van der Waals surface area contributed by atoms with Gasteiger partial charge in [-0.3, -0.25) is 4.79 Å². The zero-order chi connectivity index (χ0) is 13.0. The van der Waals surface area contributed by atoms with Crippen LogP contribution < -0.4 is 15.8 Å². The van der Waals surface area contributed by atoms with Crippen LogP contribution in [0.3, 0.4) is 0 Å². The molecule has 4 nitrogen and oxygen atoms in total. The van der Waals surface area contributed by atoms with E-state index < -0.39 is 0 Å². The van der Waals surface area contributed by atoms with Crippen molar-refractivity contribution < 1.29 is 9.53 Å². The highest BCUT2D eigenvalue weighted by Gasteiger charge is 2.11. The summed E-state index contributed by atoms with van der Waals surface area (Å²) < 4.78 is 5.25. The van der Waals surface area contributed by atoms with Crippen molar-refractivity contribution in [1.82, 2.24) is 5.32 Å². The van der Waals surface area contributed by atoms with Crippen molar-refractivity contribution in [1.29, 1.82) is 0 Å². The predicted octanol–water partition coefficient (Wildman–Crippen LogP) is 2.48. The molecule has 0 unspecified atom stereocenters. The van der Waals surface area contributed by atoms with Gasteiger partial charge in [-0.15, -0.1) is 0 Å². The van der Waals surface area contributed by atoms with Gasteiger partial charge in [-0.2, -0.15) is 0 Å². The summed E-state index contributed by atoms with van der Waals surface area (Å²) in [5, 5.41) is 3.26. The molecule has 0 heterocycles. The number of anilines is 1. The molecule has 1 aromatic rings. The summed E-state index contributed by atoms with van der Waals surface area (Å²) in [4.78, 5) is 11.4. The zero-order valence-electron chi connectivity index (χ0n) is 9.59. The quantitative estimate of drug-likeness (QED) is 0.831. The molecule has 94 valence electrons. The third-order valence-electron chi connectivity index (χ3n) is 1.82. The topological polar surface area (TPSA) is 64.3 Å². The van der Waals surface area contributed by atoms with Crippen LogP contribution in [0.25, 0.3) is 0 Å². The molecule has 0 bridgehead atoms. The first kappa shape index (κ1) is 13.9. The Morgan fingerprint density at radius 1 is 1.41 bits per heavy atom. The van der Waals surface area contributed by atoms with E-state index in [4.69, 9.17) is 33.7 Å². The second-order valence-electron chi connectivity index (χ2n) is 3.82. The summed E-state index contributed by atoms with van der Waals surface area (Å²) in [5.74, 6) is 0.0328. The molecule has 0 saturated carbocycles. The summed E-state index contributed by atoms with van der Waals surface area (Å²) in [7, 11) is 0. The van der Waals surface area contributed by atoms with E-state index in [9.17, 15) is 4.79 Å². The Hall–Kier alpha value is -1.13. The first-order valence-electron chi connectivity index (χ1n) is 5.07. The van der Waals surface area contributed by atoms with Gasteiger partial charge in [0.1, 0.15) is 0 Å². The van der Waals surface area contributed by atoms with Gasteiger partial charge in [0.25, 0.3) is 5.91 Å². The lowest BCUT2D eigenvalue weighted by molar-refractivity contribution is -0.123. The fourth-order valence-electron chi connectivity index (χ4n) is 1.22. The fraction of sp³-hybridized carbons (Fsp3) is 0.364. The van der Waals surface area contributed by atoms with E-state index in [1.165, 1.54) is 12.1 Å². The Bertz CT molecular complexity index is 399. The molecule has 1 amide bonds.